The molecule has 1 aliphatic heterocycles. The van der Waals surface area contributed by atoms with Gasteiger partial charge in [-0.1, -0.05) is 6.07 Å². The molecule has 6 nitrogen and oxygen atoms in total. The Labute approximate surface area is 148 Å². The van der Waals surface area contributed by atoms with Crippen molar-refractivity contribution in [1.82, 2.24) is 20.0 Å². The Morgan fingerprint density at radius 3 is 2.42 bits per heavy atom. The summed E-state index contributed by atoms with van der Waals surface area (Å²) in [7, 11) is 2.00. The normalized spacial score (nSPS) is 15.8. The molecule has 1 aliphatic rings. The number of aromatic nitrogens is 2. The first kappa shape index (κ1) is 18.1. The van der Waals surface area contributed by atoms with E-state index in [0.29, 0.717) is 13.1 Å². The number of anilines is 2. The summed E-state index contributed by atoms with van der Waals surface area (Å²) in [6.45, 7) is 2.85. The summed E-state index contributed by atoms with van der Waals surface area (Å²) >= 11 is 0. The Bertz CT molecular complexity index is 771. The molecule has 1 amide bonds. The first-order chi connectivity index (χ1) is 12.3. The SMILES string of the molecule is CN1CCN(C(=O)c2ccc(Nc3cccc(C(F)(F)F)c3)nn2)CC1. The van der Waals surface area contributed by atoms with Crippen molar-refractivity contribution < 1.29 is 18.0 Å². The molecule has 1 N–H and O–H groups in total. The molecule has 138 valence electrons. The number of rotatable bonds is 3. The van der Waals surface area contributed by atoms with Crippen molar-refractivity contribution in [1.29, 1.82) is 0 Å². The smallest absolute Gasteiger partial charge is 0.339 e. The van der Waals surface area contributed by atoms with Gasteiger partial charge >= 0.3 is 6.18 Å². The lowest BCUT2D eigenvalue weighted by atomic mass is 10.2. The summed E-state index contributed by atoms with van der Waals surface area (Å²) in [5.74, 6) is 0.0653. The number of benzene rings is 1. The van der Waals surface area contributed by atoms with Crippen LogP contribution in [0.4, 0.5) is 24.7 Å². The lowest BCUT2D eigenvalue weighted by molar-refractivity contribution is -0.137. The van der Waals surface area contributed by atoms with Gasteiger partial charge in [0.25, 0.3) is 5.91 Å². The maximum Gasteiger partial charge on any atom is 0.416 e. The minimum absolute atomic E-state index is 0.198. The van der Waals surface area contributed by atoms with Gasteiger partial charge in [-0.25, -0.2) is 0 Å². The second-order valence-electron chi connectivity index (χ2n) is 6.10. The fourth-order valence-electron chi connectivity index (χ4n) is 2.61. The summed E-state index contributed by atoms with van der Waals surface area (Å²) in [4.78, 5) is 16.2. The number of hydrogen-bond donors (Lipinski definition) is 1. The molecule has 1 aromatic carbocycles. The van der Waals surface area contributed by atoms with Crippen LogP contribution in [0, 0.1) is 0 Å². The lowest BCUT2D eigenvalue weighted by Crippen LogP contribution is -2.47. The maximum atomic E-state index is 12.7. The van der Waals surface area contributed by atoms with Crippen LogP contribution >= 0.6 is 0 Å². The van der Waals surface area contributed by atoms with Crippen molar-refractivity contribution in [3.63, 3.8) is 0 Å². The van der Waals surface area contributed by atoms with Crippen LogP contribution in [0.5, 0.6) is 0 Å². The molecule has 0 aliphatic carbocycles. The average Bonchev–Trinajstić information content (AvgIpc) is 2.62. The number of carbonyl (C=O) groups is 1. The first-order valence-electron chi connectivity index (χ1n) is 8.09. The Balaban J connectivity index is 1.67. The average molecular weight is 365 g/mol. The largest absolute Gasteiger partial charge is 0.416 e. The highest BCUT2D eigenvalue weighted by atomic mass is 19.4. The van der Waals surface area contributed by atoms with Crippen molar-refractivity contribution in [3.05, 3.63) is 47.7 Å². The Morgan fingerprint density at radius 2 is 1.81 bits per heavy atom. The summed E-state index contributed by atoms with van der Waals surface area (Å²) in [5, 5.41) is 10.6. The summed E-state index contributed by atoms with van der Waals surface area (Å²) < 4.78 is 38.2. The van der Waals surface area contributed by atoms with Crippen LogP contribution in [0.25, 0.3) is 0 Å². The minimum Gasteiger partial charge on any atom is -0.339 e. The van der Waals surface area contributed by atoms with Crippen LogP contribution in [-0.4, -0.2) is 59.1 Å². The molecular weight excluding hydrogens is 347 g/mol. The minimum atomic E-state index is -4.41. The van der Waals surface area contributed by atoms with Crippen LogP contribution in [0.1, 0.15) is 16.1 Å². The second kappa shape index (κ2) is 7.28. The number of carbonyl (C=O) groups excluding carboxylic acids is 1. The Morgan fingerprint density at radius 1 is 1.08 bits per heavy atom. The summed E-state index contributed by atoms with van der Waals surface area (Å²) in [6.07, 6.45) is -4.41. The predicted octanol–water partition coefficient (Wildman–Crippen LogP) is 2.63. The van der Waals surface area contributed by atoms with Crippen molar-refractivity contribution in [2.75, 3.05) is 38.5 Å². The standard InChI is InChI=1S/C17H18F3N5O/c1-24-7-9-25(10-8-24)16(26)14-5-6-15(23-22-14)21-13-4-2-3-12(11-13)17(18,19)20/h2-6,11H,7-10H2,1H3,(H,21,23). The molecule has 3 rings (SSSR count). The van der Waals surface area contributed by atoms with E-state index in [1.165, 1.54) is 24.3 Å². The van der Waals surface area contributed by atoms with Gasteiger partial charge in [0.15, 0.2) is 11.5 Å². The number of amides is 1. The van der Waals surface area contributed by atoms with Crippen LogP contribution in [0.2, 0.25) is 0 Å². The zero-order chi connectivity index (χ0) is 18.7. The van der Waals surface area contributed by atoms with Crippen molar-refractivity contribution in [3.8, 4) is 0 Å². The number of piperazine rings is 1. The van der Waals surface area contributed by atoms with E-state index in [2.05, 4.69) is 20.4 Å². The van der Waals surface area contributed by atoms with Gasteiger partial charge in [-0.05, 0) is 37.4 Å². The second-order valence-corrected chi connectivity index (χ2v) is 6.10. The molecule has 2 aromatic rings. The summed E-state index contributed by atoms with van der Waals surface area (Å²) in [5.41, 5.74) is -0.297. The van der Waals surface area contributed by atoms with E-state index in [0.717, 1.165) is 25.2 Å². The van der Waals surface area contributed by atoms with Gasteiger partial charge in [0, 0.05) is 31.9 Å². The highest BCUT2D eigenvalue weighted by Gasteiger charge is 2.30. The number of hydrogen-bond acceptors (Lipinski definition) is 5. The zero-order valence-electron chi connectivity index (χ0n) is 14.1. The van der Waals surface area contributed by atoms with Crippen LogP contribution in [0.3, 0.4) is 0 Å². The van der Waals surface area contributed by atoms with Crippen molar-refractivity contribution in [2.24, 2.45) is 0 Å². The topological polar surface area (TPSA) is 61.4 Å². The zero-order valence-corrected chi connectivity index (χ0v) is 14.1. The molecule has 26 heavy (non-hydrogen) atoms. The number of nitrogens with zero attached hydrogens (tertiary/aromatic N) is 4. The summed E-state index contributed by atoms with van der Waals surface area (Å²) in [6, 6.07) is 7.84. The highest BCUT2D eigenvalue weighted by molar-refractivity contribution is 5.92. The van der Waals surface area contributed by atoms with E-state index < -0.39 is 11.7 Å². The fraction of sp³-hybridized carbons (Fsp3) is 0.353. The van der Waals surface area contributed by atoms with E-state index in [1.807, 2.05) is 7.05 Å². The third kappa shape index (κ3) is 4.29. The number of halogens is 3. The lowest BCUT2D eigenvalue weighted by Gasteiger charge is -2.32. The highest BCUT2D eigenvalue weighted by Crippen LogP contribution is 2.31. The molecule has 1 saturated heterocycles. The molecule has 0 spiro atoms. The molecule has 1 fully saturated rings. The molecule has 1 aromatic heterocycles. The van der Waals surface area contributed by atoms with Crippen LogP contribution in [0.15, 0.2) is 36.4 Å². The van der Waals surface area contributed by atoms with Gasteiger partial charge in [0.05, 0.1) is 5.56 Å². The predicted molar refractivity (Wildman–Crippen MR) is 90.2 cm³/mol. The van der Waals surface area contributed by atoms with Crippen molar-refractivity contribution >= 4 is 17.4 Å². The molecule has 2 heterocycles. The number of alkyl halides is 3. The Hall–Kier alpha value is -2.68. The van der Waals surface area contributed by atoms with Gasteiger partial charge in [0.2, 0.25) is 0 Å². The molecule has 0 radical (unpaired) electrons. The van der Waals surface area contributed by atoms with Gasteiger partial charge in [0.1, 0.15) is 0 Å². The van der Waals surface area contributed by atoms with Crippen molar-refractivity contribution in [2.45, 2.75) is 6.18 Å². The van der Waals surface area contributed by atoms with Gasteiger partial charge < -0.3 is 15.1 Å². The monoisotopic (exact) mass is 365 g/mol. The molecule has 0 unspecified atom stereocenters. The van der Waals surface area contributed by atoms with E-state index in [-0.39, 0.29) is 23.1 Å². The Kier molecular flexibility index (Phi) is 5.08. The van der Waals surface area contributed by atoms with Gasteiger partial charge in [-0.2, -0.15) is 13.2 Å². The number of likely N-dealkylation sites (N-methyl/N-ethyl adjacent to an activating group) is 1. The third-order valence-electron chi connectivity index (χ3n) is 4.14. The van der Waals surface area contributed by atoms with E-state index in [1.54, 1.807) is 4.90 Å². The third-order valence-corrected chi connectivity index (χ3v) is 4.14. The molecule has 0 bridgehead atoms. The van der Waals surface area contributed by atoms with E-state index >= 15 is 0 Å². The molecule has 9 heteroatoms. The van der Waals surface area contributed by atoms with Gasteiger partial charge in [-0.15, -0.1) is 10.2 Å². The maximum absolute atomic E-state index is 12.7. The fourth-order valence-corrected chi connectivity index (χ4v) is 2.61. The van der Waals surface area contributed by atoms with E-state index in [9.17, 15) is 18.0 Å². The molecule has 0 atom stereocenters. The van der Waals surface area contributed by atoms with Gasteiger partial charge in [-0.3, -0.25) is 4.79 Å². The quantitative estimate of drug-likeness (QED) is 0.906. The van der Waals surface area contributed by atoms with E-state index in [4.69, 9.17) is 0 Å². The molecule has 0 saturated carbocycles. The number of nitrogens with one attached hydrogen (secondary N) is 1. The molecular formula is C17H18F3N5O. The van der Waals surface area contributed by atoms with Crippen LogP contribution < -0.4 is 5.32 Å². The van der Waals surface area contributed by atoms with Crippen LogP contribution in [-0.2, 0) is 6.18 Å². The first-order valence-corrected chi connectivity index (χ1v) is 8.09.